The number of hydrogen-bond acceptors (Lipinski definition) is 4. The summed E-state index contributed by atoms with van der Waals surface area (Å²) in [5.41, 5.74) is 1.94. The molecule has 0 aliphatic carbocycles. The van der Waals surface area contributed by atoms with Crippen LogP contribution in [-0.4, -0.2) is 27.4 Å². The predicted octanol–water partition coefficient (Wildman–Crippen LogP) is 2.59. The van der Waals surface area contributed by atoms with E-state index in [2.05, 4.69) is 4.98 Å². The molecule has 25 heavy (non-hydrogen) atoms. The van der Waals surface area contributed by atoms with E-state index in [0.717, 1.165) is 16.9 Å². The number of aromatic nitrogens is 2. The van der Waals surface area contributed by atoms with Crippen LogP contribution in [0.25, 0.3) is 10.9 Å². The van der Waals surface area contributed by atoms with Crippen LogP contribution in [0.4, 0.5) is 4.39 Å². The van der Waals surface area contributed by atoms with Crippen molar-refractivity contribution in [2.75, 3.05) is 6.61 Å². The monoisotopic (exact) mass is 342 g/mol. The number of nitrogens with zero attached hydrogens (tertiary/aromatic N) is 2. The van der Waals surface area contributed by atoms with Crippen molar-refractivity contribution < 1.29 is 14.2 Å². The van der Waals surface area contributed by atoms with Crippen LogP contribution < -0.4 is 10.3 Å². The minimum Gasteiger partial charge on any atom is -0.490 e. The molecule has 1 heterocycles. The van der Waals surface area contributed by atoms with Gasteiger partial charge in [0.1, 0.15) is 24.3 Å². The molecule has 0 saturated heterocycles. The topological polar surface area (TPSA) is 64.3 Å². The Hall–Kier alpha value is -2.73. The zero-order valence-corrected chi connectivity index (χ0v) is 14.1. The first kappa shape index (κ1) is 17.1. The van der Waals surface area contributed by atoms with E-state index in [1.165, 1.54) is 29.1 Å². The van der Waals surface area contributed by atoms with Crippen molar-refractivity contribution in [1.82, 2.24) is 9.55 Å². The summed E-state index contributed by atoms with van der Waals surface area (Å²) in [5, 5.41) is 10.5. The highest BCUT2D eigenvalue weighted by atomic mass is 19.1. The van der Waals surface area contributed by atoms with Crippen molar-refractivity contribution in [1.29, 1.82) is 0 Å². The third-order valence-corrected chi connectivity index (χ3v) is 4.02. The lowest BCUT2D eigenvalue weighted by atomic mass is 10.1. The maximum absolute atomic E-state index is 13.2. The van der Waals surface area contributed by atoms with Gasteiger partial charge in [0.25, 0.3) is 5.56 Å². The van der Waals surface area contributed by atoms with Gasteiger partial charge >= 0.3 is 0 Å². The van der Waals surface area contributed by atoms with Gasteiger partial charge in [-0.05, 0) is 37.1 Å². The Morgan fingerprint density at radius 2 is 1.96 bits per heavy atom. The zero-order valence-electron chi connectivity index (χ0n) is 14.1. The van der Waals surface area contributed by atoms with Crippen molar-refractivity contribution in [3.63, 3.8) is 0 Å². The van der Waals surface area contributed by atoms with E-state index in [9.17, 15) is 14.3 Å². The van der Waals surface area contributed by atoms with Gasteiger partial charge in [0.2, 0.25) is 0 Å². The number of aliphatic hydroxyl groups excluding tert-OH is 1. The Bertz CT molecular complexity index is 948. The predicted molar refractivity (Wildman–Crippen MR) is 93.4 cm³/mol. The number of aliphatic hydroxyl groups is 1. The molecule has 0 bridgehead atoms. The van der Waals surface area contributed by atoms with Gasteiger partial charge in [0.05, 0.1) is 23.8 Å². The first-order valence-corrected chi connectivity index (χ1v) is 7.97. The Labute approximate surface area is 144 Å². The molecular weight excluding hydrogens is 323 g/mol. The van der Waals surface area contributed by atoms with Crippen LogP contribution in [0, 0.1) is 19.7 Å². The zero-order chi connectivity index (χ0) is 18.0. The second-order valence-electron chi connectivity index (χ2n) is 6.05. The quantitative estimate of drug-likeness (QED) is 0.774. The molecule has 0 amide bonds. The minimum atomic E-state index is -0.878. The van der Waals surface area contributed by atoms with E-state index in [1.54, 1.807) is 0 Å². The number of hydrogen-bond donors (Lipinski definition) is 1. The van der Waals surface area contributed by atoms with Crippen molar-refractivity contribution in [3.05, 3.63) is 70.0 Å². The van der Waals surface area contributed by atoms with E-state index < -0.39 is 11.9 Å². The Morgan fingerprint density at radius 1 is 1.24 bits per heavy atom. The summed E-state index contributed by atoms with van der Waals surface area (Å²) >= 11 is 0. The smallest absolute Gasteiger partial charge is 0.261 e. The summed E-state index contributed by atoms with van der Waals surface area (Å²) in [6.07, 6.45) is 0.434. The molecule has 0 saturated carbocycles. The van der Waals surface area contributed by atoms with Crippen LogP contribution >= 0.6 is 0 Å². The summed E-state index contributed by atoms with van der Waals surface area (Å²) in [5.74, 6) is 0.292. The van der Waals surface area contributed by atoms with Crippen molar-refractivity contribution >= 4 is 10.9 Å². The van der Waals surface area contributed by atoms with Crippen molar-refractivity contribution in [2.24, 2.45) is 0 Å². The molecule has 0 fully saturated rings. The largest absolute Gasteiger partial charge is 0.490 e. The highest BCUT2D eigenvalue weighted by Crippen LogP contribution is 2.22. The Morgan fingerprint density at radius 3 is 2.68 bits per heavy atom. The molecule has 1 N–H and O–H groups in total. The normalized spacial score (nSPS) is 12.3. The first-order valence-electron chi connectivity index (χ1n) is 7.97. The second kappa shape index (κ2) is 7.03. The van der Waals surface area contributed by atoms with Crippen LogP contribution in [0.5, 0.6) is 5.75 Å². The van der Waals surface area contributed by atoms with E-state index in [4.69, 9.17) is 4.74 Å². The Balaban J connectivity index is 1.74. The number of aryl methyl sites for hydroxylation is 2. The van der Waals surface area contributed by atoms with E-state index in [0.29, 0.717) is 10.9 Å². The van der Waals surface area contributed by atoms with Gasteiger partial charge < -0.3 is 9.84 Å². The number of ether oxygens (including phenoxy) is 1. The molecular formula is C19H19FN2O3. The molecule has 0 aliphatic rings. The third-order valence-electron chi connectivity index (χ3n) is 4.02. The second-order valence-corrected chi connectivity index (χ2v) is 6.05. The van der Waals surface area contributed by atoms with Gasteiger partial charge in [0.15, 0.2) is 0 Å². The molecule has 0 spiro atoms. The lowest BCUT2D eigenvalue weighted by Gasteiger charge is -2.16. The molecule has 3 aromatic rings. The number of halogens is 1. The molecule has 3 rings (SSSR count). The number of para-hydroxylation sites is 1. The highest BCUT2D eigenvalue weighted by molar-refractivity contribution is 5.77. The molecule has 0 aliphatic heterocycles. The van der Waals surface area contributed by atoms with E-state index >= 15 is 0 Å². The van der Waals surface area contributed by atoms with E-state index in [1.807, 2.05) is 32.0 Å². The number of fused-ring (bicyclic) bond motifs is 1. The fourth-order valence-corrected chi connectivity index (χ4v) is 2.75. The molecule has 0 unspecified atom stereocenters. The van der Waals surface area contributed by atoms with Crippen LogP contribution in [0.15, 0.2) is 47.5 Å². The number of rotatable bonds is 5. The molecule has 1 atom stereocenters. The summed E-state index contributed by atoms with van der Waals surface area (Å²) < 4.78 is 20.2. The van der Waals surface area contributed by atoms with Gasteiger partial charge in [-0.15, -0.1) is 0 Å². The van der Waals surface area contributed by atoms with Crippen LogP contribution in [0.1, 0.15) is 11.1 Å². The molecule has 6 heteroatoms. The van der Waals surface area contributed by atoms with Crippen LogP contribution in [0.2, 0.25) is 0 Å². The average molecular weight is 342 g/mol. The SMILES string of the molecule is Cc1cccc(C)c1OC[C@@H](O)Cn1cnc2cc(F)ccc2c1=O. The number of benzene rings is 2. The van der Waals surface area contributed by atoms with Gasteiger partial charge in [-0.3, -0.25) is 9.36 Å². The van der Waals surface area contributed by atoms with Gasteiger partial charge in [-0.2, -0.15) is 0 Å². The van der Waals surface area contributed by atoms with Crippen LogP contribution in [0.3, 0.4) is 0 Å². The molecule has 1 aromatic heterocycles. The Kier molecular flexibility index (Phi) is 4.81. The van der Waals surface area contributed by atoms with Crippen molar-refractivity contribution in [2.45, 2.75) is 26.5 Å². The summed E-state index contributed by atoms with van der Waals surface area (Å²) in [4.78, 5) is 16.5. The van der Waals surface area contributed by atoms with Gasteiger partial charge in [-0.1, -0.05) is 18.2 Å². The molecule has 5 nitrogen and oxygen atoms in total. The van der Waals surface area contributed by atoms with Crippen LogP contribution in [-0.2, 0) is 6.54 Å². The first-order chi connectivity index (χ1) is 12.0. The third kappa shape index (κ3) is 3.69. The fourth-order valence-electron chi connectivity index (χ4n) is 2.75. The maximum Gasteiger partial charge on any atom is 0.261 e. The van der Waals surface area contributed by atoms with Crippen molar-refractivity contribution in [3.8, 4) is 5.75 Å². The minimum absolute atomic E-state index is 0.0457. The van der Waals surface area contributed by atoms with Gasteiger partial charge in [-0.25, -0.2) is 9.37 Å². The lowest BCUT2D eigenvalue weighted by molar-refractivity contribution is 0.0908. The summed E-state index contributed by atoms with van der Waals surface area (Å²) in [6, 6.07) is 9.64. The summed E-state index contributed by atoms with van der Waals surface area (Å²) in [6.45, 7) is 3.97. The molecule has 2 aromatic carbocycles. The van der Waals surface area contributed by atoms with Gasteiger partial charge in [0, 0.05) is 6.07 Å². The fraction of sp³-hybridized carbons (Fsp3) is 0.263. The van der Waals surface area contributed by atoms with E-state index in [-0.39, 0.29) is 18.7 Å². The molecule has 0 radical (unpaired) electrons. The highest BCUT2D eigenvalue weighted by Gasteiger charge is 2.12. The summed E-state index contributed by atoms with van der Waals surface area (Å²) in [7, 11) is 0. The standard InChI is InChI=1S/C19H19FN2O3/c1-12-4-3-5-13(2)18(12)25-10-15(23)9-22-11-21-17-8-14(20)6-7-16(17)19(22)24/h3-8,11,15,23H,9-10H2,1-2H3/t15-/m0/s1. The maximum atomic E-state index is 13.2. The average Bonchev–Trinajstić information content (AvgIpc) is 2.57. The lowest BCUT2D eigenvalue weighted by Crippen LogP contribution is -2.30. The molecule has 130 valence electrons.